The van der Waals surface area contributed by atoms with Crippen molar-refractivity contribution in [1.82, 2.24) is 30.0 Å². The fraction of sp³-hybridized carbons (Fsp3) is 0.167. The predicted octanol–water partition coefficient (Wildman–Crippen LogP) is 3.14. The van der Waals surface area contributed by atoms with Gasteiger partial charge in [0.15, 0.2) is 0 Å². The molecule has 0 atom stereocenters. The van der Waals surface area contributed by atoms with Crippen LogP contribution in [0.25, 0.3) is 17.1 Å². The maximum absolute atomic E-state index is 6.19. The molecule has 21 heavy (non-hydrogen) atoms. The van der Waals surface area contributed by atoms with E-state index in [1.807, 2.05) is 6.92 Å². The molecule has 9 heteroatoms. The van der Waals surface area contributed by atoms with Crippen LogP contribution in [0.15, 0.2) is 29.4 Å². The lowest BCUT2D eigenvalue weighted by atomic mass is 10.3. The van der Waals surface area contributed by atoms with Gasteiger partial charge in [-0.15, -0.1) is 22.8 Å². The highest BCUT2D eigenvalue weighted by Crippen LogP contribution is 2.32. The fourth-order valence-electron chi connectivity index (χ4n) is 1.84. The SMILES string of the molecule is CCn1nnc(-c2cnn(-c3c(Cl)cccc3Cl)c2S)n1. The number of aromatic nitrogens is 6. The van der Waals surface area contributed by atoms with Crippen molar-refractivity contribution in [2.24, 2.45) is 0 Å². The number of halogens is 2. The highest BCUT2D eigenvalue weighted by atomic mass is 35.5. The van der Waals surface area contributed by atoms with Crippen LogP contribution < -0.4 is 0 Å². The summed E-state index contributed by atoms with van der Waals surface area (Å²) in [5.41, 5.74) is 1.23. The molecule has 0 bridgehead atoms. The summed E-state index contributed by atoms with van der Waals surface area (Å²) in [5, 5.41) is 17.9. The molecule has 0 amide bonds. The van der Waals surface area contributed by atoms with Gasteiger partial charge in [-0.05, 0) is 24.3 Å². The van der Waals surface area contributed by atoms with Crippen LogP contribution in [0.2, 0.25) is 10.0 Å². The summed E-state index contributed by atoms with van der Waals surface area (Å²) in [4.78, 5) is 1.49. The smallest absolute Gasteiger partial charge is 0.209 e. The minimum absolute atomic E-state index is 0.455. The molecule has 0 fully saturated rings. The van der Waals surface area contributed by atoms with Gasteiger partial charge in [-0.1, -0.05) is 29.3 Å². The molecule has 3 aromatic rings. The van der Waals surface area contributed by atoms with Crippen molar-refractivity contribution in [3.63, 3.8) is 0 Å². The highest BCUT2D eigenvalue weighted by molar-refractivity contribution is 7.80. The molecule has 0 unspecified atom stereocenters. The van der Waals surface area contributed by atoms with E-state index in [1.165, 1.54) is 4.80 Å². The highest BCUT2D eigenvalue weighted by Gasteiger charge is 2.18. The van der Waals surface area contributed by atoms with Crippen molar-refractivity contribution < 1.29 is 0 Å². The van der Waals surface area contributed by atoms with Gasteiger partial charge in [0.25, 0.3) is 0 Å². The number of tetrazole rings is 1. The van der Waals surface area contributed by atoms with E-state index in [0.29, 0.717) is 38.7 Å². The third-order valence-electron chi connectivity index (χ3n) is 2.87. The standard InChI is InChI=1S/C12H10Cl2N6S/c1-2-19-17-11(16-18-19)7-6-15-20(12(7)21)10-8(13)4-3-5-9(10)14/h3-6,21H,2H2,1H3. The van der Waals surface area contributed by atoms with E-state index in [4.69, 9.17) is 23.2 Å². The summed E-state index contributed by atoms with van der Waals surface area (Å²) in [6.07, 6.45) is 1.61. The zero-order chi connectivity index (χ0) is 15.0. The van der Waals surface area contributed by atoms with Gasteiger partial charge in [0.05, 0.1) is 28.4 Å². The van der Waals surface area contributed by atoms with Crippen molar-refractivity contribution in [1.29, 1.82) is 0 Å². The normalized spacial score (nSPS) is 11.0. The third-order valence-corrected chi connectivity index (χ3v) is 3.91. The molecule has 0 N–H and O–H groups in total. The lowest BCUT2D eigenvalue weighted by Crippen LogP contribution is -1.99. The molecule has 6 nitrogen and oxygen atoms in total. The number of aryl methyl sites for hydroxylation is 1. The van der Waals surface area contributed by atoms with Gasteiger partial charge in [0, 0.05) is 0 Å². The summed E-state index contributed by atoms with van der Waals surface area (Å²) in [5.74, 6) is 0.455. The molecular formula is C12H10Cl2N6S. The minimum atomic E-state index is 0.455. The average molecular weight is 341 g/mol. The fourth-order valence-corrected chi connectivity index (χ4v) is 2.71. The van der Waals surface area contributed by atoms with Crippen molar-refractivity contribution in [3.8, 4) is 17.1 Å². The summed E-state index contributed by atoms with van der Waals surface area (Å²) < 4.78 is 1.55. The average Bonchev–Trinajstić information content (AvgIpc) is 3.06. The van der Waals surface area contributed by atoms with Crippen LogP contribution in [0.5, 0.6) is 0 Å². The Hall–Kier alpha value is -1.57. The second-order valence-electron chi connectivity index (χ2n) is 4.17. The molecule has 108 valence electrons. The van der Waals surface area contributed by atoms with E-state index < -0.39 is 0 Å². The maximum Gasteiger partial charge on any atom is 0.209 e. The number of rotatable bonds is 3. The maximum atomic E-state index is 6.19. The minimum Gasteiger partial charge on any atom is -0.224 e. The van der Waals surface area contributed by atoms with Crippen LogP contribution in [-0.4, -0.2) is 30.0 Å². The Kier molecular flexibility index (Phi) is 3.88. The third kappa shape index (κ3) is 2.52. The number of nitrogens with zero attached hydrogens (tertiary/aromatic N) is 6. The van der Waals surface area contributed by atoms with Crippen LogP contribution >= 0.6 is 35.8 Å². The Bertz CT molecular complexity index is 777. The Morgan fingerprint density at radius 2 is 1.95 bits per heavy atom. The van der Waals surface area contributed by atoms with Crippen LogP contribution in [0.1, 0.15) is 6.92 Å². The van der Waals surface area contributed by atoms with Crippen LogP contribution in [-0.2, 0) is 6.54 Å². The topological polar surface area (TPSA) is 61.4 Å². The van der Waals surface area contributed by atoms with Crippen molar-refractivity contribution in [2.75, 3.05) is 0 Å². The Balaban J connectivity index is 2.11. The molecule has 0 radical (unpaired) electrons. The second kappa shape index (κ2) is 5.67. The van der Waals surface area contributed by atoms with Gasteiger partial charge in [-0.2, -0.15) is 9.90 Å². The zero-order valence-electron chi connectivity index (χ0n) is 10.9. The Labute approximate surface area is 136 Å². The van der Waals surface area contributed by atoms with Crippen LogP contribution in [0, 0.1) is 0 Å². The molecular weight excluding hydrogens is 331 g/mol. The molecule has 0 saturated heterocycles. The summed E-state index contributed by atoms with van der Waals surface area (Å²) in [6, 6.07) is 5.25. The molecule has 0 spiro atoms. The first-order valence-electron chi connectivity index (χ1n) is 6.11. The number of benzene rings is 1. The second-order valence-corrected chi connectivity index (χ2v) is 5.40. The number of para-hydroxylation sites is 1. The summed E-state index contributed by atoms with van der Waals surface area (Å²) >= 11 is 16.9. The molecule has 2 aromatic heterocycles. The molecule has 3 rings (SSSR count). The zero-order valence-corrected chi connectivity index (χ0v) is 13.3. The van der Waals surface area contributed by atoms with Crippen LogP contribution in [0.4, 0.5) is 0 Å². The van der Waals surface area contributed by atoms with Crippen molar-refractivity contribution in [2.45, 2.75) is 18.5 Å². The van der Waals surface area contributed by atoms with Crippen molar-refractivity contribution >= 4 is 35.8 Å². The molecule has 0 saturated carbocycles. The van der Waals surface area contributed by atoms with E-state index in [9.17, 15) is 0 Å². The van der Waals surface area contributed by atoms with Gasteiger partial charge >= 0.3 is 0 Å². The van der Waals surface area contributed by atoms with Gasteiger partial charge in [-0.25, -0.2) is 4.68 Å². The van der Waals surface area contributed by atoms with Crippen LogP contribution in [0.3, 0.4) is 0 Å². The van der Waals surface area contributed by atoms with E-state index in [2.05, 4.69) is 33.1 Å². The van der Waals surface area contributed by atoms with E-state index >= 15 is 0 Å². The van der Waals surface area contributed by atoms with Gasteiger partial charge < -0.3 is 0 Å². The first-order valence-corrected chi connectivity index (χ1v) is 7.31. The predicted molar refractivity (Wildman–Crippen MR) is 83.3 cm³/mol. The molecule has 2 heterocycles. The molecule has 0 aliphatic carbocycles. The summed E-state index contributed by atoms with van der Waals surface area (Å²) in [6.45, 7) is 2.57. The number of hydrogen-bond donors (Lipinski definition) is 1. The largest absolute Gasteiger partial charge is 0.224 e. The van der Waals surface area contributed by atoms with Crippen molar-refractivity contribution in [3.05, 3.63) is 34.4 Å². The first-order chi connectivity index (χ1) is 10.1. The quantitative estimate of drug-likeness (QED) is 0.744. The number of thiol groups is 1. The van der Waals surface area contributed by atoms with E-state index in [-0.39, 0.29) is 0 Å². The molecule has 1 aromatic carbocycles. The lowest BCUT2D eigenvalue weighted by Gasteiger charge is -2.08. The van der Waals surface area contributed by atoms with Gasteiger partial charge in [-0.3, -0.25) is 0 Å². The number of hydrogen-bond acceptors (Lipinski definition) is 5. The monoisotopic (exact) mass is 340 g/mol. The Morgan fingerprint density at radius 3 is 2.57 bits per heavy atom. The lowest BCUT2D eigenvalue weighted by molar-refractivity contribution is 0.552. The summed E-state index contributed by atoms with van der Waals surface area (Å²) in [7, 11) is 0. The van der Waals surface area contributed by atoms with Gasteiger partial charge in [0.2, 0.25) is 5.82 Å². The Morgan fingerprint density at radius 1 is 1.24 bits per heavy atom. The first kappa shape index (κ1) is 14.4. The van der Waals surface area contributed by atoms with E-state index in [1.54, 1.807) is 29.1 Å². The molecule has 0 aliphatic rings. The van der Waals surface area contributed by atoms with Gasteiger partial charge in [0.1, 0.15) is 10.7 Å². The van der Waals surface area contributed by atoms with E-state index in [0.717, 1.165) is 0 Å². The molecule has 0 aliphatic heterocycles.